The van der Waals surface area contributed by atoms with Gasteiger partial charge in [0, 0.05) is 16.1 Å². The molecule has 0 radical (unpaired) electrons. The Morgan fingerprint density at radius 2 is 1.60 bits per heavy atom. The van der Waals surface area contributed by atoms with Gasteiger partial charge >= 0.3 is 5.97 Å². The van der Waals surface area contributed by atoms with E-state index in [9.17, 15) is 19.4 Å². The Balaban J connectivity index is 0.000000297. The molecule has 3 aromatic carbocycles. The van der Waals surface area contributed by atoms with Crippen molar-refractivity contribution < 1.29 is 19.4 Å². The van der Waals surface area contributed by atoms with Gasteiger partial charge in [0.2, 0.25) is 0 Å². The summed E-state index contributed by atoms with van der Waals surface area (Å²) < 4.78 is 14.4. The molecular weight excluding hydrogens is 449 g/mol. The summed E-state index contributed by atoms with van der Waals surface area (Å²) in [5.74, 6) is -2.90. The van der Waals surface area contributed by atoms with Gasteiger partial charge in [0.15, 0.2) is 0 Å². The molecule has 158 valence electrons. The molecule has 3 rings (SSSR count). The summed E-state index contributed by atoms with van der Waals surface area (Å²) in [4.78, 5) is 11.4. The average Bonchev–Trinajstić information content (AvgIpc) is 2.73. The smallest absolute Gasteiger partial charge is 0.309 e. The molecule has 0 aromatic heterocycles. The number of carboxylic acid groups (broad SMARTS) is 1. The maximum absolute atomic E-state index is 13.9. The first-order valence-electron chi connectivity index (χ1n) is 9.50. The van der Waals surface area contributed by atoms with Crippen LogP contribution in [0.4, 0.5) is 4.39 Å². The Hall–Kier alpha value is -2.54. The molecule has 0 fully saturated rings. The number of benzene rings is 3. The lowest BCUT2D eigenvalue weighted by atomic mass is 9.89. The van der Waals surface area contributed by atoms with Gasteiger partial charge in [-0.3, -0.25) is 4.79 Å². The van der Waals surface area contributed by atoms with E-state index in [0.29, 0.717) is 4.47 Å². The number of aliphatic hydroxyl groups excluding tert-OH is 1. The van der Waals surface area contributed by atoms with Crippen molar-refractivity contribution in [2.75, 3.05) is 0 Å². The van der Waals surface area contributed by atoms with E-state index in [2.05, 4.69) is 15.9 Å². The summed E-state index contributed by atoms with van der Waals surface area (Å²) in [6.45, 7) is 1.98. The van der Waals surface area contributed by atoms with E-state index in [-0.39, 0.29) is 18.0 Å². The van der Waals surface area contributed by atoms with Gasteiger partial charge < -0.3 is 15.9 Å². The maximum Gasteiger partial charge on any atom is 0.309 e. The van der Waals surface area contributed by atoms with Crippen molar-refractivity contribution in [3.8, 4) is 0 Å². The standard InChI is InChI=1S/C16H14BrFO3.C8H11N/c17-11-6-7-12(14(18)9-11)15(19)13(16(20)21)8-10-4-2-1-3-5-10;1-7(9)8-5-3-2-4-6-8/h1-7,9,13,15,19H,8H2,(H,20,21);2-7H,9H2,1H3/t;7-/m.1/s1. The Morgan fingerprint density at radius 1 is 1.03 bits per heavy atom. The fourth-order valence-electron chi connectivity index (χ4n) is 2.92. The summed E-state index contributed by atoms with van der Waals surface area (Å²) in [5, 5.41) is 19.6. The van der Waals surface area contributed by atoms with Gasteiger partial charge in [-0.2, -0.15) is 0 Å². The SMILES string of the molecule is C[C@@H](N)c1ccccc1.O=C(O)C(Cc1ccccc1)C(O)c1ccc(Br)cc1F. The molecule has 6 heteroatoms. The molecule has 0 aliphatic rings. The van der Waals surface area contributed by atoms with Gasteiger partial charge in [0.05, 0.1) is 12.0 Å². The summed E-state index contributed by atoms with van der Waals surface area (Å²) in [7, 11) is 0. The number of hydrogen-bond donors (Lipinski definition) is 3. The van der Waals surface area contributed by atoms with Gasteiger partial charge in [-0.1, -0.05) is 82.7 Å². The van der Waals surface area contributed by atoms with Crippen LogP contribution in [0.1, 0.15) is 35.8 Å². The third kappa shape index (κ3) is 7.06. The molecule has 0 saturated carbocycles. The van der Waals surface area contributed by atoms with Crippen LogP contribution < -0.4 is 5.73 Å². The van der Waals surface area contributed by atoms with Crippen LogP contribution in [0.15, 0.2) is 83.3 Å². The van der Waals surface area contributed by atoms with Gasteiger partial charge in [0.1, 0.15) is 5.82 Å². The van der Waals surface area contributed by atoms with Gasteiger partial charge in [-0.15, -0.1) is 0 Å². The van der Waals surface area contributed by atoms with E-state index in [1.165, 1.54) is 17.7 Å². The van der Waals surface area contributed by atoms with Crippen LogP contribution in [0.5, 0.6) is 0 Å². The largest absolute Gasteiger partial charge is 0.481 e. The molecule has 0 aliphatic carbocycles. The highest BCUT2D eigenvalue weighted by molar-refractivity contribution is 9.10. The molecule has 0 aliphatic heterocycles. The number of nitrogens with two attached hydrogens (primary N) is 1. The second-order valence-corrected chi connectivity index (χ2v) is 7.86. The van der Waals surface area contributed by atoms with Crippen molar-refractivity contribution >= 4 is 21.9 Å². The van der Waals surface area contributed by atoms with Gasteiger partial charge in [-0.05, 0) is 36.6 Å². The predicted octanol–water partition coefficient (Wildman–Crippen LogP) is 5.27. The molecular formula is C24H25BrFNO3. The van der Waals surface area contributed by atoms with E-state index < -0.39 is 23.8 Å². The van der Waals surface area contributed by atoms with Gasteiger partial charge in [0.25, 0.3) is 0 Å². The number of halogens is 2. The van der Waals surface area contributed by atoms with E-state index >= 15 is 0 Å². The Kier molecular flexibility index (Phi) is 9.17. The first-order valence-corrected chi connectivity index (χ1v) is 10.3. The molecule has 0 spiro atoms. The lowest BCUT2D eigenvalue weighted by molar-refractivity contribution is -0.145. The van der Waals surface area contributed by atoms with Crippen LogP contribution in [0, 0.1) is 11.7 Å². The topological polar surface area (TPSA) is 83.6 Å². The zero-order valence-corrected chi connectivity index (χ0v) is 18.2. The van der Waals surface area contributed by atoms with Crippen LogP contribution in [-0.2, 0) is 11.2 Å². The highest BCUT2D eigenvalue weighted by Gasteiger charge is 2.29. The average molecular weight is 474 g/mol. The molecule has 0 heterocycles. The molecule has 4 nitrogen and oxygen atoms in total. The predicted molar refractivity (Wildman–Crippen MR) is 119 cm³/mol. The molecule has 3 atom stereocenters. The normalized spacial score (nSPS) is 13.5. The zero-order chi connectivity index (χ0) is 22.1. The van der Waals surface area contributed by atoms with Crippen LogP contribution in [0.25, 0.3) is 0 Å². The number of carbonyl (C=O) groups is 1. The van der Waals surface area contributed by atoms with Crippen LogP contribution in [-0.4, -0.2) is 16.2 Å². The van der Waals surface area contributed by atoms with Crippen molar-refractivity contribution in [3.05, 3.63) is 106 Å². The minimum atomic E-state index is -1.41. The summed E-state index contributed by atoms with van der Waals surface area (Å²) in [6, 6.07) is 23.4. The third-order valence-electron chi connectivity index (χ3n) is 4.60. The van der Waals surface area contributed by atoms with Gasteiger partial charge in [-0.25, -0.2) is 4.39 Å². The fourth-order valence-corrected chi connectivity index (χ4v) is 3.25. The minimum absolute atomic E-state index is 0.0125. The van der Waals surface area contributed by atoms with E-state index in [0.717, 1.165) is 5.56 Å². The van der Waals surface area contributed by atoms with E-state index in [1.807, 2.05) is 43.3 Å². The van der Waals surface area contributed by atoms with Crippen molar-refractivity contribution in [2.24, 2.45) is 11.7 Å². The first-order chi connectivity index (χ1) is 14.3. The lowest BCUT2D eigenvalue weighted by Crippen LogP contribution is -2.25. The highest BCUT2D eigenvalue weighted by atomic mass is 79.9. The van der Waals surface area contributed by atoms with Crippen molar-refractivity contribution in [1.29, 1.82) is 0 Å². The highest BCUT2D eigenvalue weighted by Crippen LogP contribution is 2.29. The molecule has 2 unspecified atom stereocenters. The van der Waals surface area contributed by atoms with Crippen molar-refractivity contribution in [2.45, 2.75) is 25.5 Å². The monoisotopic (exact) mass is 473 g/mol. The Morgan fingerprint density at radius 3 is 2.07 bits per heavy atom. The second kappa shape index (κ2) is 11.6. The van der Waals surface area contributed by atoms with Crippen molar-refractivity contribution in [1.82, 2.24) is 0 Å². The quantitative estimate of drug-likeness (QED) is 0.455. The summed E-state index contributed by atoms with van der Waals surface area (Å²) in [6.07, 6.45) is -1.27. The van der Waals surface area contributed by atoms with E-state index in [1.54, 1.807) is 30.3 Å². The third-order valence-corrected chi connectivity index (χ3v) is 5.10. The summed E-state index contributed by atoms with van der Waals surface area (Å²) in [5.41, 5.74) is 7.57. The molecule has 4 N–H and O–H groups in total. The lowest BCUT2D eigenvalue weighted by Gasteiger charge is -2.20. The van der Waals surface area contributed by atoms with Crippen molar-refractivity contribution in [3.63, 3.8) is 0 Å². The summed E-state index contributed by atoms with van der Waals surface area (Å²) >= 11 is 3.13. The fraction of sp³-hybridized carbons (Fsp3) is 0.208. The Bertz CT molecular complexity index is 936. The Labute approximate surface area is 184 Å². The molecule has 0 bridgehead atoms. The molecule has 3 aromatic rings. The second-order valence-electron chi connectivity index (χ2n) is 6.94. The van der Waals surface area contributed by atoms with Crippen LogP contribution in [0.3, 0.4) is 0 Å². The maximum atomic E-state index is 13.9. The number of rotatable bonds is 6. The zero-order valence-electron chi connectivity index (χ0n) is 16.6. The van der Waals surface area contributed by atoms with E-state index in [4.69, 9.17) is 5.73 Å². The first kappa shape index (κ1) is 23.7. The number of carboxylic acids is 1. The van der Waals surface area contributed by atoms with Crippen LogP contribution in [0.2, 0.25) is 0 Å². The number of aliphatic carboxylic acids is 1. The molecule has 30 heavy (non-hydrogen) atoms. The van der Waals surface area contributed by atoms with Crippen LogP contribution >= 0.6 is 15.9 Å². The molecule has 0 saturated heterocycles. The molecule has 0 amide bonds. The number of aliphatic hydroxyl groups is 1. The number of hydrogen-bond acceptors (Lipinski definition) is 3. The minimum Gasteiger partial charge on any atom is -0.481 e.